The number of benzene rings is 2. The molecule has 1 aliphatic heterocycles. The molecule has 1 aliphatic carbocycles. The minimum absolute atomic E-state index is 0.101. The van der Waals surface area contributed by atoms with Gasteiger partial charge in [0.15, 0.2) is 6.17 Å². The zero-order valence-electron chi connectivity index (χ0n) is 19.2. The monoisotopic (exact) mass is 436 g/mol. The van der Waals surface area contributed by atoms with Crippen molar-refractivity contribution in [2.24, 2.45) is 0 Å². The van der Waals surface area contributed by atoms with Crippen LogP contribution in [0.5, 0.6) is 0 Å². The molecule has 1 heterocycles. The van der Waals surface area contributed by atoms with E-state index >= 15 is 0 Å². The van der Waals surface area contributed by atoms with Gasteiger partial charge in [-0.1, -0.05) is 48.2 Å². The molecule has 0 bridgehead atoms. The lowest BCUT2D eigenvalue weighted by molar-refractivity contribution is -0.0976. The van der Waals surface area contributed by atoms with Gasteiger partial charge in [-0.3, -0.25) is 10.1 Å². The van der Waals surface area contributed by atoms with Crippen LogP contribution in [0.15, 0.2) is 48.5 Å². The van der Waals surface area contributed by atoms with Crippen LogP contribution in [-0.2, 0) is 0 Å². The Morgan fingerprint density at radius 2 is 1.53 bits per heavy atom. The first-order chi connectivity index (χ1) is 15.2. The van der Waals surface area contributed by atoms with Gasteiger partial charge in [0.25, 0.3) is 0 Å². The maximum Gasteiger partial charge on any atom is 0.347 e. The van der Waals surface area contributed by atoms with Crippen molar-refractivity contribution in [1.29, 1.82) is 0 Å². The Hall–Kier alpha value is -3.06. The van der Waals surface area contributed by atoms with Gasteiger partial charge in [-0.25, -0.2) is 9.59 Å². The molecule has 2 aromatic rings. The molecule has 170 valence electrons. The summed E-state index contributed by atoms with van der Waals surface area (Å²) in [6.45, 7) is 7.79. The molecule has 2 aromatic carbocycles. The Balaban J connectivity index is 1.69. The molecule has 32 heavy (non-hydrogen) atoms. The highest BCUT2D eigenvalue weighted by Crippen LogP contribution is 2.42. The number of carbonyl (C=O) groups excluding carboxylic acids is 2. The first-order valence-electron chi connectivity index (χ1n) is 11.2. The topological polar surface area (TPSA) is 76.1 Å². The predicted octanol–water partition coefficient (Wildman–Crippen LogP) is 5.52. The zero-order chi connectivity index (χ0) is 23.0. The fraction of sp³-hybridized carbons (Fsp3) is 0.440. The summed E-state index contributed by atoms with van der Waals surface area (Å²) < 4.78 is 0. The zero-order valence-corrected chi connectivity index (χ0v) is 19.2. The van der Waals surface area contributed by atoms with E-state index in [1.807, 2.05) is 69.0 Å². The van der Waals surface area contributed by atoms with Crippen molar-refractivity contribution in [1.82, 2.24) is 9.96 Å². The van der Waals surface area contributed by atoms with E-state index in [0.717, 1.165) is 36.8 Å². The first kappa shape index (κ1) is 22.1. The quantitative estimate of drug-likeness (QED) is 0.490. The van der Waals surface area contributed by atoms with Gasteiger partial charge < -0.3 is 10.2 Å². The van der Waals surface area contributed by atoms with E-state index in [2.05, 4.69) is 5.32 Å². The Bertz CT molecular complexity index is 981. The van der Waals surface area contributed by atoms with Crippen LogP contribution in [0.25, 0.3) is 0 Å². The van der Waals surface area contributed by atoms with Gasteiger partial charge in [0.05, 0.1) is 5.54 Å². The highest BCUT2D eigenvalue weighted by molar-refractivity contribution is 5.98. The number of hydrogen-bond acceptors (Lipinski definition) is 3. The van der Waals surface area contributed by atoms with E-state index in [1.54, 1.807) is 17.0 Å². The fourth-order valence-electron chi connectivity index (χ4n) is 4.99. The van der Waals surface area contributed by atoms with Gasteiger partial charge in [0, 0.05) is 17.4 Å². The van der Waals surface area contributed by atoms with Crippen molar-refractivity contribution in [2.45, 2.75) is 71.1 Å². The minimum Gasteiger partial charge on any atom is -0.312 e. The van der Waals surface area contributed by atoms with Gasteiger partial charge in [-0.2, -0.15) is 5.06 Å². The number of aryl methyl sites for hydroxylation is 2. The van der Waals surface area contributed by atoms with Gasteiger partial charge in [-0.05, 0) is 64.8 Å². The molecule has 0 radical (unpaired) electrons. The molecule has 0 unspecified atom stereocenters. The second-order valence-electron chi connectivity index (χ2n) is 9.46. The molecule has 7 nitrogen and oxygen atoms in total. The van der Waals surface area contributed by atoms with E-state index in [9.17, 15) is 14.8 Å². The van der Waals surface area contributed by atoms with E-state index < -0.39 is 17.7 Å². The molecule has 7 heteroatoms. The molecular weight excluding hydrogens is 404 g/mol. The molecule has 4 rings (SSSR count). The second-order valence-corrected chi connectivity index (χ2v) is 9.46. The molecule has 1 saturated carbocycles. The molecule has 2 fully saturated rings. The Kier molecular flexibility index (Phi) is 5.86. The van der Waals surface area contributed by atoms with Crippen LogP contribution in [0.2, 0.25) is 0 Å². The number of anilines is 2. The molecule has 0 aromatic heterocycles. The van der Waals surface area contributed by atoms with Crippen LogP contribution in [0.3, 0.4) is 0 Å². The summed E-state index contributed by atoms with van der Waals surface area (Å²) in [4.78, 5) is 30.2. The molecule has 0 spiro atoms. The fourth-order valence-corrected chi connectivity index (χ4v) is 4.99. The third-order valence-electron chi connectivity index (χ3n) is 6.65. The summed E-state index contributed by atoms with van der Waals surface area (Å²) >= 11 is 0. The van der Waals surface area contributed by atoms with Gasteiger partial charge >= 0.3 is 12.1 Å². The van der Waals surface area contributed by atoms with Crippen molar-refractivity contribution in [3.05, 3.63) is 59.7 Å². The first-order valence-corrected chi connectivity index (χ1v) is 11.2. The lowest BCUT2D eigenvalue weighted by Crippen LogP contribution is -2.59. The van der Waals surface area contributed by atoms with Crippen molar-refractivity contribution in [3.8, 4) is 0 Å². The molecule has 1 atom stereocenters. The minimum atomic E-state index is -0.885. The van der Waals surface area contributed by atoms with E-state index in [-0.39, 0.29) is 12.1 Å². The van der Waals surface area contributed by atoms with E-state index in [1.165, 1.54) is 0 Å². The van der Waals surface area contributed by atoms with Gasteiger partial charge in [0.1, 0.15) is 0 Å². The lowest BCUT2D eigenvalue weighted by Gasteiger charge is -2.40. The standard InChI is InChI=1S/C25H32N4O3/c1-17-9-13-19(14-10-17)26-23(30)29(32)22-25(3,4)28(21-7-5-6-8-21)24(31)27(22)20-15-11-18(2)12-16-20/h9-16,21-22,32H,5-8H2,1-4H3,(H,26,30)/t22-/m0/s1. The number of urea groups is 2. The SMILES string of the molecule is Cc1ccc(NC(=O)N(O)[C@@H]2N(c3ccc(C)cc3)C(=O)N(C3CCCC3)C2(C)C)cc1. The Morgan fingerprint density at radius 3 is 2.09 bits per heavy atom. The summed E-state index contributed by atoms with van der Waals surface area (Å²) in [7, 11) is 0. The number of hydroxylamine groups is 2. The Morgan fingerprint density at radius 1 is 1.00 bits per heavy atom. The van der Waals surface area contributed by atoms with Crippen molar-refractivity contribution in [3.63, 3.8) is 0 Å². The molecule has 2 aliphatic rings. The number of nitrogens with one attached hydrogen (secondary N) is 1. The summed E-state index contributed by atoms with van der Waals surface area (Å²) in [6, 6.07) is 14.2. The number of carbonyl (C=O) groups is 2. The average Bonchev–Trinajstić information content (AvgIpc) is 3.33. The van der Waals surface area contributed by atoms with Crippen LogP contribution >= 0.6 is 0 Å². The van der Waals surface area contributed by atoms with Crippen LogP contribution in [0, 0.1) is 13.8 Å². The van der Waals surface area contributed by atoms with E-state index in [4.69, 9.17) is 0 Å². The molecule has 4 amide bonds. The highest BCUT2D eigenvalue weighted by Gasteiger charge is 2.58. The highest BCUT2D eigenvalue weighted by atomic mass is 16.5. The molecular formula is C25H32N4O3. The van der Waals surface area contributed by atoms with Gasteiger partial charge in [0.2, 0.25) is 0 Å². The third kappa shape index (κ3) is 3.93. The summed E-state index contributed by atoms with van der Waals surface area (Å²) in [5, 5.41) is 14.6. The van der Waals surface area contributed by atoms with Crippen LogP contribution < -0.4 is 10.2 Å². The third-order valence-corrected chi connectivity index (χ3v) is 6.65. The van der Waals surface area contributed by atoms with Crippen molar-refractivity contribution in [2.75, 3.05) is 10.2 Å². The smallest absolute Gasteiger partial charge is 0.312 e. The summed E-state index contributed by atoms with van der Waals surface area (Å²) in [6.07, 6.45) is 3.14. The number of hydrogen-bond donors (Lipinski definition) is 2. The average molecular weight is 437 g/mol. The summed E-state index contributed by atoms with van der Waals surface area (Å²) in [5.74, 6) is 0. The molecule has 2 N–H and O–H groups in total. The lowest BCUT2D eigenvalue weighted by atomic mass is 9.97. The maximum absolute atomic E-state index is 13.7. The summed E-state index contributed by atoms with van der Waals surface area (Å²) in [5.41, 5.74) is 2.58. The van der Waals surface area contributed by atoms with Crippen molar-refractivity contribution >= 4 is 23.4 Å². The van der Waals surface area contributed by atoms with Crippen LogP contribution in [0.1, 0.15) is 50.7 Å². The molecule has 1 saturated heterocycles. The van der Waals surface area contributed by atoms with Crippen LogP contribution in [-0.4, -0.2) is 45.0 Å². The number of nitrogens with zero attached hydrogens (tertiary/aromatic N) is 3. The second kappa shape index (κ2) is 8.47. The normalized spacial score (nSPS) is 20.7. The van der Waals surface area contributed by atoms with Crippen molar-refractivity contribution < 1.29 is 14.8 Å². The largest absolute Gasteiger partial charge is 0.347 e. The van der Waals surface area contributed by atoms with Gasteiger partial charge in [-0.15, -0.1) is 0 Å². The van der Waals surface area contributed by atoms with Crippen LogP contribution in [0.4, 0.5) is 21.0 Å². The predicted molar refractivity (Wildman–Crippen MR) is 125 cm³/mol. The number of rotatable bonds is 4. The maximum atomic E-state index is 13.7. The number of amides is 4. The van der Waals surface area contributed by atoms with E-state index in [0.29, 0.717) is 16.4 Å². The Labute approximate surface area is 189 Å².